The summed E-state index contributed by atoms with van der Waals surface area (Å²) >= 11 is 0. The maximum atomic E-state index is 11.7. The van der Waals surface area contributed by atoms with Crippen LogP contribution in [0.1, 0.15) is 19.8 Å². The SMILES string of the molecule is CC(N)(C(=O)Nc1ccon1)C1CC1. The van der Waals surface area contributed by atoms with Crippen molar-refractivity contribution < 1.29 is 9.32 Å². The van der Waals surface area contributed by atoms with Gasteiger partial charge < -0.3 is 15.6 Å². The molecule has 5 nitrogen and oxygen atoms in total. The Hall–Kier alpha value is -1.36. The highest BCUT2D eigenvalue weighted by Gasteiger charge is 2.44. The van der Waals surface area contributed by atoms with Crippen molar-refractivity contribution in [3.63, 3.8) is 0 Å². The molecule has 14 heavy (non-hydrogen) atoms. The van der Waals surface area contributed by atoms with E-state index in [1.807, 2.05) is 0 Å². The fourth-order valence-electron chi connectivity index (χ4n) is 1.40. The second-order valence-corrected chi connectivity index (χ2v) is 3.90. The molecule has 1 unspecified atom stereocenters. The number of amides is 1. The highest BCUT2D eigenvalue weighted by atomic mass is 16.5. The van der Waals surface area contributed by atoms with Crippen LogP contribution >= 0.6 is 0 Å². The first-order valence-electron chi connectivity index (χ1n) is 4.61. The van der Waals surface area contributed by atoms with Crippen LogP contribution in [-0.4, -0.2) is 16.6 Å². The fourth-order valence-corrected chi connectivity index (χ4v) is 1.40. The van der Waals surface area contributed by atoms with E-state index in [2.05, 4.69) is 15.0 Å². The van der Waals surface area contributed by atoms with Crippen LogP contribution in [0, 0.1) is 5.92 Å². The minimum Gasteiger partial charge on any atom is -0.363 e. The fraction of sp³-hybridized carbons (Fsp3) is 0.556. The van der Waals surface area contributed by atoms with Gasteiger partial charge in [-0.2, -0.15) is 0 Å². The largest absolute Gasteiger partial charge is 0.363 e. The lowest BCUT2D eigenvalue weighted by molar-refractivity contribution is -0.121. The van der Waals surface area contributed by atoms with E-state index in [-0.39, 0.29) is 5.91 Å². The Morgan fingerprint density at radius 2 is 2.50 bits per heavy atom. The Morgan fingerprint density at radius 1 is 1.79 bits per heavy atom. The number of nitrogens with zero attached hydrogens (tertiary/aromatic N) is 1. The van der Waals surface area contributed by atoms with Crippen LogP contribution in [0.2, 0.25) is 0 Å². The molecule has 0 spiro atoms. The third kappa shape index (κ3) is 1.63. The third-order valence-electron chi connectivity index (χ3n) is 2.59. The molecule has 0 radical (unpaired) electrons. The predicted molar refractivity (Wildman–Crippen MR) is 50.4 cm³/mol. The van der Waals surface area contributed by atoms with Crippen LogP contribution in [-0.2, 0) is 4.79 Å². The Labute approximate surface area is 81.6 Å². The molecule has 2 rings (SSSR count). The zero-order valence-electron chi connectivity index (χ0n) is 7.99. The molecule has 1 aliphatic rings. The Kier molecular flexibility index (Phi) is 2.03. The quantitative estimate of drug-likeness (QED) is 0.745. The van der Waals surface area contributed by atoms with Crippen molar-refractivity contribution in [1.29, 1.82) is 0 Å². The topological polar surface area (TPSA) is 81.2 Å². The van der Waals surface area contributed by atoms with Gasteiger partial charge in [0.2, 0.25) is 5.91 Å². The molecule has 1 heterocycles. The molecule has 1 amide bonds. The van der Waals surface area contributed by atoms with Gasteiger partial charge in [-0.1, -0.05) is 5.16 Å². The second-order valence-electron chi connectivity index (χ2n) is 3.90. The monoisotopic (exact) mass is 195 g/mol. The molecule has 1 fully saturated rings. The van der Waals surface area contributed by atoms with Crippen molar-refractivity contribution in [3.05, 3.63) is 12.3 Å². The number of rotatable bonds is 3. The van der Waals surface area contributed by atoms with Gasteiger partial charge in [-0.25, -0.2) is 0 Å². The van der Waals surface area contributed by atoms with Crippen molar-refractivity contribution in [2.45, 2.75) is 25.3 Å². The van der Waals surface area contributed by atoms with Crippen molar-refractivity contribution in [2.24, 2.45) is 11.7 Å². The summed E-state index contributed by atoms with van der Waals surface area (Å²) in [6, 6.07) is 1.58. The Balaban J connectivity index is 2.01. The number of nitrogens with one attached hydrogen (secondary N) is 1. The minimum absolute atomic E-state index is 0.200. The Bertz CT molecular complexity index is 328. The van der Waals surface area contributed by atoms with Gasteiger partial charge in [-0.3, -0.25) is 4.79 Å². The molecular weight excluding hydrogens is 182 g/mol. The molecule has 1 aromatic rings. The lowest BCUT2D eigenvalue weighted by atomic mass is 9.96. The van der Waals surface area contributed by atoms with Crippen molar-refractivity contribution >= 4 is 11.7 Å². The molecule has 76 valence electrons. The number of nitrogens with two attached hydrogens (primary N) is 1. The van der Waals surface area contributed by atoms with E-state index in [0.29, 0.717) is 11.7 Å². The average Bonchev–Trinajstić information content (AvgIpc) is 2.88. The van der Waals surface area contributed by atoms with Gasteiger partial charge in [0, 0.05) is 6.07 Å². The molecule has 1 saturated carbocycles. The predicted octanol–water partition coefficient (Wildman–Crippen LogP) is 0.740. The first kappa shape index (κ1) is 9.21. The van der Waals surface area contributed by atoms with E-state index in [9.17, 15) is 4.79 Å². The summed E-state index contributed by atoms with van der Waals surface area (Å²) in [5.74, 6) is 0.510. The standard InChI is InChI=1S/C9H13N3O2/c1-9(10,6-2-3-6)8(13)11-7-4-5-14-12-7/h4-6H,2-3,10H2,1H3,(H,11,12,13). The van der Waals surface area contributed by atoms with E-state index in [1.165, 1.54) is 6.26 Å². The molecule has 1 atom stereocenters. The Morgan fingerprint density at radius 3 is 3.00 bits per heavy atom. The third-order valence-corrected chi connectivity index (χ3v) is 2.59. The lowest BCUT2D eigenvalue weighted by Crippen LogP contribution is -2.50. The van der Waals surface area contributed by atoms with Gasteiger partial charge in [0.1, 0.15) is 6.26 Å². The van der Waals surface area contributed by atoms with E-state index >= 15 is 0 Å². The van der Waals surface area contributed by atoms with Gasteiger partial charge in [-0.05, 0) is 25.7 Å². The maximum Gasteiger partial charge on any atom is 0.245 e. The zero-order valence-corrected chi connectivity index (χ0v) is 7.99. The number of hydrogen-bond donors (Lipinski definition) is 2. The first-order valence-corrected chi connectivity index (χ1v) is 4.61. The van der Waals surface area contributed by atoms with Crippen LogP contribution in [0.5, 0.6) is 0 Å². The molecule has 3 N–H and O–H groups in total. The molecule has 1 aromatic heterocycles. The highest BCUT2D eigenvalue weighted by Crippen LogP contribution is 2.38. The molecule has 0 saturated heterocycles. The van der Waals surface area contributed by atoms with E-state index in [0.717, 1.165) is 12.8 Å². The van der Waals surface area contributed by atoms with Crippen LogP contribution in [0.3, 0.4) is 0 Å². The number of aromatic nitrogens is 1. The summed E-state index contributed by atoms with van der Waals surface area (Å²) in [6.45, 7) is 1.75. The molecular formula is C9H13N3O2. The van der Waals surface area contributed by atoms with Gasteiger partial charge in [0.25, 0.3) is 0 Å². The summed E-state index contributed by atoms with van der Waals surface area (Å²) in [4.78, 5) is 11.7. The number of anilines is 1. The average molecular weight is 195 g/mol. The molecule has 0 aliphatic heterocycles. The summed E-state index contributed by atoms with van der Waals surface area (Å²) in [6.07, 6.45) is 3.46. The molecule has 5 heteroatoms. The van der Waals surface area contributed by atoms with Crippen LogP contribution in [0.15, 0.2) is 16.9 Å². The van der Waals surface area contributed by atoms with Crippen LogP contribution < -0.4 is 11.1 Å². The maximum absolute atomic E-state index is 11.7. The van der Waals surface area contributed by atoms with Crippen LogP contribution in [0.4, 0.5) is 5.82 Å². The van der Waals surface area contributed by atoms with Gasteiger partial charge >= 0.3 is 0 Å². The summed E-state index contributed by atoms with van der Waals surface area (Å²) in [7, 11) is 0. The first-order chi connectivity index (χ1) is 6.60. The molecule has 1 aliphatic carbocycles. The van der Waals surface area contributed by atoms with Gasteiger partial charge in [0.15, 0.2) is 5.82 Å². The van der Waals surface area contributed by atoms with Gasteiger partial charge in [-0.15, -0.1) is 0 Å². The van der Waals surface area contributed by atoms with E-state index in [4.69, 9.17) is 5.73 Å². The number of carbonyl (C=O) groups is 1. The van der Waals surface area contributed by atoms with Crippen LogP contribution in [0.25, 0.3) is 0 Å². The second kappa shape index (κ2) is 3.09. The van der Waals surface area contributed by atoms with Crippen molar-refractivity contribution in [3.8, 4) is 0 Å². The molecule has 0 bridgehead atoms. The normalized spacial score (nSPS) is 20.1. The summed E-state index contributed by atoms with van der Waals surface area (Å²) in [5.41, 5.74) is 5.12. The highest BCUT2D eigenvalue weighted by molar-refractivity contribution is 5.97. The van der Waals surface area contributed by atoms with Crippen molar-refractivity contribution in [1.82, 2.24) is 5.16 Å². The summed E-state index contributed by atoms with van der Waals surface area (Å²) < 4.78 is 4.60. The van der Waals surface area contributed by atoms with Crippen molar-refractivity contribution in [2.75, 3.05) is 5.32 Å². The summed E-state index contributed by atoms with van der Waals surface area (Å²) in [5, 5.41) is 6.20. The van der Waals surface area contributed by atoms with Gasteiger partial charge in [0.05, 0.1) is 5.54 Å². The number of carbonyl (C=O) groups excluding carboxylic acids is 1. The zero-order chi connectivity index (χ0) is 10.2. The molecule has 0 aromatic carbocycles. The lowest BCUT2D eigenvalue weighted by Gasteiger charge is -2.21. The smallest absolute Gasteiger partial charge is 0.245 e. The van der Waals surface area contributed by atoms with E-state index in [1.54, 1.807) is 13.0 Å². The number of hydrogen-bond acceptors (Lipinski definition) is 4. The minimum atomic E-state index is -0.793. The van der Waals surface area contributed by atoms with E-state index < -0.39 is 5.54 Å².